The fourth-order valence-corrected chi connectivity index (χ4v) is 3.39. The Bertz CT molecular complexity index is 1570. The summed E-state index contributed by atoms with van der Waals surface area (Å²) in [7, 11) is 0. The maximum absolute atomic E-state index is 13.0. The Kier molecular flexibility index (Phi) is 5.16. The number of carbonyl (C=O) groups excluding carboxylic acids is 1. The molecule has 10 nitrogen and oxygen atoms in total. The largest absolute Gasteiger partial charge is 0.416 e. The van der Waals surface area contributed by atoms with Gasteiger partial charge >= 0.3 is 6.18 Å². The number of alkyl halides is 3. The summed E-state index contributed by atoms with van der Waals surface area (Å²) in [5.41, 5.74) is 7.15. The van der Waals surface area contributed by atoms with Crippen LogP contribution >= 0.6 is 0 Å². The molecule has 5 rings (SSSR count). The van der Waals surface area contributed by atoms with Gasteiger partial charge in [0.2, 0.25) is 5.82 Å². The third-order valence-corrected chi connectivity index (χ3v) is 5.16. The molecule has 3 aromatic heterocycles. The molecule has 176 valence electrons. The third kappa shape index (κ3) is 4.14. The molecule has 2 aromatic carbocycles. The third-order valence-electron chi connectivity index (χ3n) is 5.16. The Hall–Kier alpha value is -4.81. The van der Waals surface area contributed by atoms with Crippen LogP contribution in [0.1, 0.15) is 21.5 Å². The topological polar surface area (TPSA) is 137 Å². The molecule has 0 saturated carbocycles. The number of hydrogen-bond donors (Lipinski definition) is 2. The maximum atomic E-state index is 13.0. The highest BCUT2D eigenvalue weighted by molar-refractivity contribution is 6.04. The summed E-state index contributed by atoms with van der Waals surface area (Å²) >= 11 is 0. The minimum Gasteiger partial charge on any atom is -0.381 e. The lowest BCUT2D eigenvalue weighted by molar-refractivity contribution is -0.137. The van der Waals surface area contributed by atoms with Crippen molar-refractivity contribution in [2.45, 2.75) is 13.1 Å². The Balaban J connectivity index is 1.43. The number of benzene rings is 2. The molecule has 0 aliphatic heterocycles. The molecule has 0 saturated heterocycles. The van der Waals surface area contributed by atoms with E-state index in [2.05, 4.69) is 30.5 Å². The van der Waals surface area contributed by atoms with Gasteiger partial charge in [-0.25, -0.2) is 14.5 Å². The minimum atomic E-state index is -4.55. The summed E-state index contributed by atoms with van der Waals surface area (Å²) in [6.07, 6.45) is -1.80. The number of nitrogens with two attached hydrogens (primary N) is 1. The van der Waals surface area contributed by atoms with E-state index in [9.17, 15) is 18.0 Å². The molecule has 0 spiro atoms. The Morgan fingerprint density at radius 3 is 2.77 bits per heavy atom. The molecule has 3 N–H and O–H groups in total. The average Bonchev–Trinajstić information content (AvgIpc) is 3.48. The smallest absolute Gasteiger partial charge is 0.381 e. The van der Waals surface area contributed by atoms with E-state index >= 15 is 0 Å². The van der Waals surface area contributed by atoms with Crippen LogP contribution in [-0.4, -0.2) is 35.6 Å². The van der Waals surface area contributed by atoms with E-state index in [0.717, 1.165) is 17.7 Å². The molecular formula is C22H15F3N8O2. The summed E-state index contributed by atoms with van der Waals surface area (Å²) in [4.78, 5) is 25.0. The van der Waals surface area contributed by atoms with Gasteiger partial charge in [0.05, 0.1) is 11.8 Å². The van der Waals surface area contributed by atoms with E-state index in [4.69, 9.17) is 10.3 Å². The number of carbonyl (C=O) groups is 1. The highest BCUT2D eigenvalue weighted by atomic mass is 19.4. The molecule has 0 aliphatic carbocycles. The van der Waals surface area contributed by atoms with Crippen molar-refractivity contribution >= 4 is 23.1 Å². The zero-order chi connectivity index (χ0) is 24.7. The first-order valence-electron chi connectivity index (χ1n) is 10.1. The molecule has 0 radical (unpaired) electrons. The lowest BCUT2D eigenvalue weighted by Gasteiger charge is -2.10. The van der Waals surface area contributed by atoms with Crippen LogP contribution in [0, 0.1) is 6.92 Å². The molecule has 1 amide bonds. The molecule has 35 heavy (non-hydrogen) atoms. The van der Waals surface area contributed by atoms with Gasteiger partial charge in [-0.3, -0.25) is 4.79 Å². The second-order valence-corrected chi connectivity index (χ2v) is 7.51. The first kappa shape index (κ1) is 22.0. The van der Waals surface area contributed by atoms with Crippen LogP contribution in [0.4, 0.5) is 24.7 Å². The predicted molar refractivity (Wildman–Crippen MR) is 118 cm³/mol. The van der Waals surface area contributed by atoms with Crippen LogP contribution in [0.3, 0.4) is 0 Å². The standard InChI is InChI=1S/C22H15F3N8O2/c1-11-5-6-14(30-20(34)12-3-2-4-13(7-12)22(23,24)25)8-15(11)21-31-18(32-35-21)16-9-27-19-17(26)28-10-29-33(16)19/h2-10H,1H3,(H,30,34)(H2,26,28,29). The van der Waals surface area contributed by atoms with Crippen LogP contribution in [0.5, 0.6) is 0 Å². The zero-order valence-corrected chi connectivity index (χ0v) is 17.9. The SMILES string of the molecule is Cc1ccc(NC(=O)c2cccc(C(F)(F)F)c2)cc1-c1nc(-c2cnc3c(N)ncnn23)no1. The molecule has 3 heterocycles. The van der Waals surface area contributed by atoms with Crippen LogP contribution in [0.25, 0.3) is 28.6 Å². The molecule has 0 atom stereocenters. The number of fused-ring (bicyclic) bond motifs is 1. The molecule has 5 aromatic rings. The van der Waals surface area contributed by atoms with Crippen LogP contribution in [0.2, 0.25) is 0 Å². The summed E-state index contributed by atoms with van der Waals surface area (Å²) in [6.45, 7) is 1.81. The van der Waals surface area contributed by atoms with Gasteiger partial charge in [0.25, 0.3) is 11.8 Å². The van der Waals surface area contributed by atoms with Crippen LogP contribution < -0.4 is 11.1 Å². The molecule has 0 fully saturated rings. The fourth-order valence-electron chi connectivity index (χ4n) is 3.39. The average molecular weight is 480 g/mol. The van der Waals surface area contributed by atoms with Crippen molar-refractivity contribution in [3.8, 4) is 23.0 Å². The van der Waals surface area contributed by atoms with Crippen molar-refractivity contribution in [3.05, 3.63) is 71.7 Å². The monoisotopic (exact) mass is 480 g/mol. The Morgan fingerprint density at radius 1 is 1.14 bits per heavy atom. The van der Waals surface area contributed by atoms with E-state index in [1.165, 1.54) is 29.2 Å². The quantitative estimate of drug-likeness (QED) is 0.394. The van der Waals surface area contributed by atoms with Gasteiger partial charge in [0.1, 0.15) is 12.0 Å². The Morgan fingerprint density at radius 2 is 1.97 bits per heavy atom. The molecule has 0 bridgehead atoms. The van der Waals surface area contributed by atoms with Gasteiger partial charge in [-0.2, -0.15) is 23.3 Å². The zero-order valence-electron chi connectivity index (χ0n) is 17.9. The number of hydrogen-bond acceptors (Lipinski definition) is 8. The summed E-state index contributed by atoms with van der Waals surface area (Å²) in [5, 5.41) is 10.7. The van der Waals surface area contributed by atoms with Gasteiger partial charge in [-0.05, 0) is 42.8 Å². The molecular weight excluding hydrogens is 465 g/mol. The minimum absolute atomic E-state index is 0.129. The summed E-state index contributed by atoms with van der Waals surface area (Å²) < 4.78 is 45.8. The first-order valence-corrected chi connectivity index (χ1v) is 10.1. The number of nitrogen functional groups attached to an aromatic ring is 1. The maximum Gasteiger partial charge on any atom is 0.416 e. The molecule has 0 unspecified atom stereocenters. The van der Waals surface area contributed by atoms with Crippen LogP contribution in [-0.2, 0) is 6.18 Å². The number of nitrogens with zero attached hydrogens (tertiary/aromatic N) is 6. The second-order valence-electron chi connectivity index (χ2n) is 7.51. The van der Waals surface area contributed by atoms with Gasteiger partial charge in [-0.1, -0.05) is 17.3 Å². The van der Waals surface area contributed by atoms with Crippen molar-refractivity contribution in [2.75, 3.05) is 11.1 Å². The number of amides is 1. The van der Waals surface area contributed by atoms with Crippen LogP contribution in [0.15, 0.2) is 59.5 Å². The number of aryl methyl sites for hydroxylation is 1. The van der Waals surface area contributed by atoms with Gasteiger partial charge in [0, 0.05) is 16.8 Å². The van der Waals surface area contributed by atoms with E-state index in [-0.39, 0.29) is 23.1 Å². The highest BCUT2D eigenvalue weighted by Crippen LogP contribution is 2.31. The number of halogens is 3. The van der Waals surface area contributed by atoms with Crippen molar-refractivity contribution in [3.63, 3.8) is 0 Å². The lowest BCUT2D eigenvalue weighted by Crippen LogP contribution is -2.14. The second kappa shape index (κ2) is 8.20. The van der Waals surface area contributed by atoms with Gasteiger partial charge in [0.15, 0.2) is 11.5 Å². The van der Waals surface area contributed by atoms with E-state index in [1.807, 2.05) is 0 Å². The molecule has 13 heteroatoms. The van der Waals surface area contributed by atoms with Crippen molar-refractivity contribution in [1.82, 2.24) is 29.7 Å². The molecule has 0 aliphatic rings. The van der Waals surface area contributed by atoms with E-state index in [0.29, 0.717) is 22.6 Å². The Labute approximate surface area is 194 Å². The number of aromatic nitrogens is 6. The van der Waals surface area contributed by atoms with Crippen molar-refractivity contribution in [1.29, 1.82) is 0 Å². The predicted octanol–water partition coefficient (Wildman–Crippen LogP) is 4.00. The fraction of sp³-hybridized carbons (Fsp3) is 0.0909. The normalized spacial score (nSPS) is 11.7. The number of anilines is 2. The number of nitrogens with one attached hydrogen (secondary N) is 1. The van der Waals surface area contributed by atoms with E-state index in [1.54, 1.807) is 25.1 Å². The van der Waals surface area contributed by atoms with E-state index < -0.39 is 17.6 Å². The highest BCUT2D eigenvalue weighted by Gasteiger charge is 2.31. The lowest BCUT2D eigenvalue weighted by atomic mass is 10.1. The summed E-state index contributed by atoms with van der Waals surface area (Å²) in [5.74, 6) is -0.150. The van der Waals surface area contributed by atoms with Crippen molar-refractivity contribution < 1.29 is 22.5 Å². The van der Waals surface area contributed by atoms with Gasteiger partial charge < -0.3 is 15.6 Å². The summed E-state index contributed by atoms with van der Waals surface area (Å²) in [6, 6.07) is 9.09. The number of rotatable bonds is 4. The first-order chi connectivity index (χ1) is 16.7. The number of imidazole rings is 1. The van der Waals surface area contributed by atoms with Crippen molar-refractivity contribution in [2.24, 2.45) is 0 Å². The van der Waals surface area contributed by atoms with Gasteiger partial charge in [-0.15, -0.1) is 0 Å².